The molecule has 0 radical (unpaired) electrons. The highest BCUT2D eigenvalue weighted by atomic mass is 32.2. The molecule has 0 aromatic rings. The Morgan fingerprint density at radius 2 is 1.74 bits per heavy atom. The summed E-state index contributed by atoms with van der Waals surface area (Å²) in [5.74, 6) is 0.971. The molecule has 2 unspecified atom stereocenters. The lowest BCUT2D eigenvalue weighted by Gasteiger charge is -2.51. The standard InChI is InChI=1S/C16H32N2S/c1-4-5-15-6-8-16(12-17,9-7-15)18-10-13(2)19-14(3)11-18/h13-15H,4-12,17H2,1-3H3. The van der Waals surface area contributed by atoms with E-state index in [0.29, 0.717) is 5.54 Å². The van der Waals surface area contributed by atoms with Crippen molar-refractivity contribution in [2.45, 2.75) is 75.3 Å². The molecule has 0 spiro atoms. The Bertz CT molecular complexity index is 264. The molecule has 2 N–H and O–H groups in total. The van der Waals surface area contributed by atoms with Gasteiger partial charge in [0.25, 0.3) is 0 Å². The minimum atomic E-state index is 0.327. The van der Waals surface area contributed by atoms with Gasteiger partial charge in [0.15, 0.2) is 0 Å². The predicted molar refractivity (Wildman–Crippen MR) is 86.7 cm³/mol. The van der Waals surface area contributed by atoms with Crippen LogP contribution in [0.4, 0.5) is 0 Å². The molecule has 0 aromatic carbocycles. The van der Waals surface area contributed by atoms with Gasteiger partial charge >= 0.3 is 0 Å². The first kappa shape index (κ1) is 15.7. The largest absolute Gasteiger partial charge is 0.329 e. The van der Waals surface area contributed by atoms with Gasteiger partial charge in [-0.1, -0.05) is 33.6 Å². The van der Waals surface area contributed by atoms with Gasteiger partial charge in [-0.15, -0.1) is 0 Å². The van der Waals surface area contributed by atoms with Crippen molar-refractivity contribution in [1.82, 2.24) is 4.90 Å². The van der Waals surface area contributed by atoms with Gasteiger partial charge in [-0.05, 0) is 31.6 Å². The van der Waals surface area contributed by atoms with Gasteiger partial charge in [-0.25, -0.2) is 0 Å². The summed E-state index contributed by atoms with van der Waals surface area (Å²) in [4.78, 5) is 2.75. The molecule has 1 aliphatic carbocycles. The van der Waals surface area contributed by atoms with Crippen molar-refractivity contribution in [2.75, 3.05) is 19.6 Å². The third-order valence-electron chi connectivity index (χ3n) is 5.20. The van der Waals surface area contributed by atoms with Crippen LogP contribution in [0.3, 0.4) is 0 Å². The molecule has 2 rings (SSSR count). The first-order valence-corrected chi connectivity index (χ1v) is 9.14. The van der Waals surface area contributed by atoms with E-state index in [1.54, 1.807) is 0 Å². The molecule has 1 saturated heterocycles. The Hall–Kier alpha value is 0.270. The lowest BCUT2D eigenvalue weighted by Crippen LogP contribution is -2.60. The summed E-state index contributed by atoms with van der Waals surface area (Å²) in [7, 11) is 0. The third kappa shape index (κ3) is 3.68. The fourth-order valence-corrected chi connectivity index (χ4v) is 5.45. The maximum atomic E-state index is 6.23. The summed E-state index contributed by atoms with van der Waals surface area (Å²) in [6, 6.07) is 0. The molecular weight excluding hydrogens is 252 g/mol. The van der Waals surface area contributed by atoms with Crippen LogP contribution < -0.4 is 5.73 Å². The Balaban J connectivity index is 1.99. The number of rotatable bonds is 4. The smallest absolute Gasteiger partial charge is 0.0332 e. The van der Waals surface area contributed by atoms with E-state index in [2.05, 4.69) is 37.4 Å². The number of nitrogens with zero attached hydrogens (tertiary/aromatic N) is 1. The summed E-state index contributed by atoms with van der Waals surface area (Å²) in [5, 5.41) is 1.53. The highest BCUT2D eigenvalue weighted by Gasteiger charge is 2.41. The van der Waals surface area contributed by atoms with Crippen molar-refractivity contribution >= 4 is 11.8 Å². The first-order valence-electron chi connectivity index (χ1n) is 8.20. The van der Waals surface area contributed by atoms with Crippen molar-refractivity contribution in [3.63, 3.8) is 0 Å². The average Bonchev–Trinajstić information content (AvgIpc) is 2.39. The number of nitrogens with two attached hydrogens (primary N) is 1. The van der Waals surface area contributed by atoms with Crippen LogP contribution in [0.5, 0.6) is 0 Å². The summed E-state index contributed by atoms with van der Waals surface area (Å²) >= 11 is 2.14. The molecule has 19 heavy (non-hydrogen) atoms. The van der Waals surface area contributed by atoms with Crippen molar-refractivity contribution in [3.8, 4) is 0 Å². The van der Waals surface area contributed by atoms with Crippen LogP contribution in [0.25, 0.3) is 0 Å². The normalized spacial score (nSPS) is 41.4. The highest BCUT2D eigenvalue weighted by Crippen LogP contribution is 2.40. The second-order valence-corrected chi connectivity index (χ2v) is 8.70. The minimum absolute atomic E-state index is 0.327. The molecule has 2 atom stereocenters. The molecule has 2 fully saturated rings. The molecular formula is C16H32N2S. The van der Waals surface area contributed by atoms with E-state index in [-0.39, 0.29) is 0 Å². The van der Waals surface area contributed by atoms with Crippen LogP contribution >= 0.6 is 11.8 Å². The van der Waals surface area contributed by atoms with Crippen LogP contribution in [0.15, 0.2) is 0 Å². The third-order valence-corrected chi connectivity index (χ3v) is 6.43. The molecule has 1 heterocycles. The number of hydrogen-bond donors (Lipinski definition) is 1. The van der Waals surface area contributed by atoms with Gasteiger partial charge < -0.3 is 5.73 Å². The van der Waals surface area contributed by atoms with E-state index < -0.39 is 0 Å². The molecule has 1 aliphatic heterocycles. The van der Waals surface area contributed by atoms with Crippen molar-refractivity contribution in [1.29, 1.82) is 0 Å². The Morgan fingerprint density at radius 1 is 1.16 bits per heavy atom. The molecule has 2 aliphatic rings. The Morgan fingerprint density at radius 3 is 2.21 bits per heavy atom. The van der Waals surface area contributed by atoms with Crippen LogP contribution in [0.1, 0.15) is 59.3 Å². The molecule has 1 saturated carbocycles. The van der Waals surface area contributed by atoms with Gasteiger partial charge in [-0.3, -0.25) is 4.90 Å². The van der Waals surface area contributed by atoms with Crippen LogP contribution in [0.2, 0.25) is 0 Å². The second kappa shape index (κ2) is 6.82. The lowest BCUT2D eigenvalue weighted by molar-refractivity contribution is 0.0395. The van der Waals surface area contributed by atoms with E-state index in [0.717, 1.165) is 23.0 Å². The monoisotopic (exact) mass is 284 g/mol. The zero-order valence-electron chi connectivity index (χ0n) is 13.0. The topological polar surface area (TPSA) is 29.3 Å². The van der Waals surface area contributed by atoms with Gasteiger partial charge in [0.2, 0.25) is 0 Å². The Labute approximate surface area is 123 Å². The van der Waals surface area contributed by atoms with E-state index >= 15 is 0 Å². The molecule has 3 heteroatoms. The summed E-state index contributed by atoms with van der Waals surface area (Å²) in [6.07, 6.45) is 8.23. The number of hydrogen-bond acceptors (Lipinski definition) is 3. The van der Waals surface area contributed by atoms with Gasteiger partial charge in [0.05, 0.1) is 0 Å². The highest BCUT2D eigenvalue weighted by molar-refractivity contribution is 8.00. The minimum Gasteiger partial charge on any atom is -0.329 e. The van der Waals surface area contributed by atoms with Gasteiger partial charge in [0, 0.05) is 35.7 Å². The zero-order chi connectivity index (χ0) is 13.9. The van der Waals surface area contributed by atoms with Gasteiger partial charge in [0.1, 0.15) is 0 Å². The Kier molecular flexibility index (Phi) is 5.62. The molecule has 2 nitrogen and oxygen atoms in total. The fourth-order valence-electron chi connectivity index (χ4n) is 4.13. The molecule has 0 aromatic heterocycles. The van der Waals surface area contributed by atoms with Crippen molar-refractivity contribution in [3.05, 3.63) is 0 Å². The summed E-state index contributed by atoms with van der Waals surface area (Å²) < 4.78 is 0. The molecule has 0 bridgehead atoms. The van der Waals surface area contributed by atoms with E-state index in [1.165, 1.54) is 51.6 Å². The van der Waals surface area contributed by atoms with Crippen molar-refractivity contribution in [2.24, 2.45) is 11.7 Å². The predicted octanol–water partition coefficient (Wildman–Crippen LogP) is 3.50. The van der Waals surface area contributed by atoms with Crippen LogP contribution in [-0.2, 0) is 0 Å². The lowest BCUT2D eigenvalue weighted by atomic mass is 9.74. The molecule has 112 valence electrons. The van der Waals surface area contributed by atoms with Crippen molar-refractivity contribution < 1.29 is 0 Å². The number of thioether (sulfide) groups is 1. The maximum absolute atomic E-state index is 6.23. The maximum Gasteiger partial charge on any atom is 0.0332 e. The van der Waals surface area contributed by atoms with Crippen LogP contribution in [0, 0.1) is 5.92 Å². The van der Waals surface area contributed by atoms with E-state index in [4.69, 9.17) is 5.73 Å². The van der Waals surface area contributed by atoms with E-state index in [1.807, 2.05) is 0 Å². The average molecular weight is 285 g/mol. The van der Waals surface area contributed by atoms with Crippen LogP contribution in [-0.4, -0.2) is 40.6 Å². The van der Waals surface area contributed by atoms with E-state index in [9.17, 15) is 0 Å². The summed E-state index contributed by atoms with van der Waals surface area (Å²) in [6.45, 7) is 10.4. The second-order valence-electron chi connectivity index (χ2n) is 6.82. The van der Waals surface area contributed by atoms with Gasteiger partial charge in [-0.2, -0.15) is 11.8 Å². The summed E-state index contributed by atoms with van der Waals surface area (Å²) in [5.41, 5.74) is 6.56. The zero-order valence-corrected chi connectivity index (χ0v) is 13.8. The fraction of sp³-hybridized carbons (Fsp3) is 1.00. The first-order chi connectivity index (χ1) is 9.09. The SMILES string of the molecule is CCCC1CCC(CN)(N2CC(C)SC(C)C2)CC1. The quantitative estimate of drug-likeness (QED) is 0.857. The molecule has 0 amide bonds.